The molecule has 0 radical (unpaired) electrons. The highest BCUT2D eigenvalue weighted by Crippen LogP contribution is 2.48. The van der Waals surface area contributed by atoms with Gasteiger partial charge in [0.1, 0.15) is 5.69 Å². The van der Waals surface area contributed by atoms with Crippen molar-refractivity contribution in [1.82, 2.24) is 10.3 Å². The zero-order valence-electron chi connectivity index (χ0n) is 21.6. The number of amides is 1. The first-order valence-electron chi connectivity index (χ1n) is 12.7. The van der Waals surface area contributed by atoms with Gasteiger partial charge in [0.05, 0.1) is 12.7 Å². The summed E-state index contributed by atoms with van der Waals surface area (Å²) in [6.07, 6.45) is 4.74. The number of aromatic nitrogens is 1. The molecule has 0 spiro atoms. The molecule has 194 valence electrons. The van der Waals surface area contributed by atoms with E-state index in [0.717, 1.165) is 48.1 Å². The summed E-state index contributed by atoms with van der Waals surface area (Å²) in [5.41, 5.74) is 4.68. The summed E-state index contributed by atoms with van der Waals surface area (Å²) in [5, 5.41) is 15.1. The van der Waals surface area contributed by atoms with Crippen molar-refractivity contribution in [2.24, 2.45) is 0 Å². The number of hydrogen-bond acceptors (Lipinski definition) is 6. The Labute approximate surface area is 220 Å². The van der Waals surface area contributed by atoms with Crippen LogP contribution in [0.1, 0.15) is 93.5 Å². The lowest BCUT2D eigenvalue weighted by Gasteiger charge is -2.18. The van der Waals surface area contributed by atoms with Gasteiger partial charge in [-0.1, -0.05) is 20.3 Å². The summed E-state index contributed by atoms with van der Waals surface area (Å²) in [6.45, 7) is 6.29. The Kier molecular flexibility index (Phi) is 8.07. The smallest absolute Gasteiger partial charge is 0.357 e. The number of carboxylic acids is 1. The number of methoxy groups -OCH3 is 1. The van der Waals surface area contributed by atoms with Gasteiger partial charge in [0.2, 0.25) is 0 Å². The third-order valence-corrected chi connectivity index (χ3v) is 7.57. The van der Waals surface area contributed by atoms with Crippen LogP contribution in [-0.4, -0.2) is 41.6 Å². The number of aryl methyl sites for hydroxylation is 2. The van der Waals surface area contributed by atoms with Crippen LogP contribution < -0.4 is 5.32 Å². The van der Waals surface area contributed by atoms with E-state index in [1.54, 1.807) is 30.4 Å². The number of carbonyl (C=O) groups is 3. The van der Waals surface area contributed by atoms with Crippen LogP contribution in [0.25, 0.3) is 21.6 Å². The van der Waals surface area contributed by atoms with Crippen LogP contribution in [0.2, 0.25) is 0 Å². The zero-order chi connectivity index (χ0) is 26.7. The summed E-state index contributed by atoms with van der Waals surface area (Å²) >= 11 is 1.63. The van der Waals surface area contributed by atoms with Crippen molar-refractivity contribution < 1.29 is 24.2 Å². The molecule has 0 saturated heterocycles. The molecule has 2 heterocycles. The van der Waals surface area contributed by atoms with Crippen molar-refractivity contribution in [2.45, 2.75) is 58.8 Å². The number of carbonyl (C=O) groups excluding carboxylic acids is 2. The number of pyridine rings is 1. The predicted octanol–water partition coefficient (Wildman–Crippen LogP) is 6.24. The maximum Gasteiger partial charge on any atom is 0.357 e. The van der Waals surface area contributed by atoms with Crippen LogP contribution in [0.5, 0.6) is 0 Å². The normalized spacial score (nSPS) is 12.9. The second-order valence-corrected chi connectivity index (χ2v) is 10.3. The van der Waals surface area contributed by atoms with Crippen molar-refractivity contribution in [2.75, 3.05) is 13.7 Å². The molecule has 0 atom stereocenters. The minimum Gasteiger partial charge on any atom is -0.478 e. The molecular formula is C29H32N2O5S. The van der Waals surface area contributed by atoms with Crippen LogP contribution in [0.4, 0.5) is 0 Å². The third-order valence-electron chi connectivity index (χ3n) is 6.58. The van der Waals surface area contributed by atoms with E-state index in [0.29, 0.717) is 29.2 Å². The van der Waals surface area contributed by atoms with Crippen LogP contribution >= 0.6 is 11.3 Å². The molecule has 0 aliphatic heterocycles. The molecule has 37 heavy (non-hydrogen) atoms. The molecule has 1 saturated carbocycles. The molecule has 7 nitrogen and oxygen atoms in total. The first kappa shape index (κ1) is 26.5. The van der Waals surface area contributed by atoms with Gasteiger partial charge in [0.15, 0.2) is 5.69 Å². The van der Waals surface area contributed by atoms with Gasteiger partial charge < -0.3 is 15.2 Å². The van der Waals surface area contributed by atoms with Crippen LogP contribution in [0.15, 0.2) is 29.6 Å². The van der Waals surface area contributed by atoms with E-state index >= 15 is 0 Å². The molecule has 1 amide bonds. The number of nitrogens with zero attached hydrogens (tertiary/aromatic N) is 1. The number of esters is 1. The van der Waals surface area contributed by atoms with Crippen molar-refractivity contribution >= 4 is 29.2 Å². The average molecular weight is 521 g/mol. The fourth-order valence-electron chi connectivity index (χ4n) is 4.61. The predicted molar refractivity (Wildman–Crippen MR) is 145 cm³/mol. The van der Waals surface area contributed by atoms with E-state index in [4.69, 9.17) is 4.74 Å². The summed E-state index contributed by atoms with van der Waals surface area (Å²) in [7, 11) is 1.24. The minimum atomic E-state index is -1.09. The van der Waals surface area contributed by atoms with E-state index < -0.39 is 11.9 Å². The van der Waals surface area contributed by atoms with Crippen LogP contribution in [0, 0.1) is 6.92 Å². The second-order valence-electron chi connectivity index (χ2n) is 9.39. The van der Waals surface area contributed by atoms with Gasteiger partial charge in [-0.15, -0.1) is 11.3 Å². The van der Waals surface area contributed by atoms with Crippen molar-refractivity contribution in [3.63, 3.8) is 0 Å². The molecule has 0 unspecified atom stereocenters. The molecule has 2 aromatic heterocycles. The van der Waals surface area contributed by atoms with Gasteiger partial charge >= 0.3 is 11.9 Å². The van der Waals surface area contributed by atoms with Crippen molar-refractivity contribution in [3.8, 4) is 21.6 Å². The summed E-state index contributed by atoms with van der Waals surface area (Å²) in [4.78, 5) is 43.6. The molecular weight excluding hydrogens is 488 g/mol. The number of benzene rings is 1. The molecule has 1 fully saturated rings. The number of hydrogen-bond donors (Lipinski definition) is 2. The highest BCUT2D eigenvalue weighted by Gasteiger charge is 2.31. The van der Waals surface area contributed by atoms with E-state index in [9.17, 15) is 19.5 Å². The lowest BCUT2D eigenvalue weighted by Crippen LogP contribution is -2.27. The highest BCUT2D eigenvalue weighted by molar-refractivity contribution is 7.13. The first-order chi connectivity index (χ1) is 17.8. The van der Waals surface area contributed by atoms with Gasteiger partial charge in [0, 0.05) is 17.0 Å². The molecule has 1 aliphatic rings. The number of aromatic carboxylic acids is 1. The Bertz CT molecular complexity index is 1360. The lowest BCUT2D eigenvalue weighted by molar-refractivity contribution is 0.0593. The first-order valence-corrected chi connectivity index (χ1v) is 13.5. The molecule has 1 aliphatic carbocycles. The van der Waals surface area contributed by atoms with E-state index in [1.165, 1.54) is 12.7 Å². The Hall–Kier alpha value is -3.52. The highest BCUT2D eigenvalue weighted by atomic mass is 32.1. The third kappa shape index (κ3) is 5.44. The fraction of sp³-hybridized carbons (Fsp3) is 0.379. The Morgan fingerprint density at radius 1 is 1.08 bits per heavy atom. The standard InChI is InChI=1S/C29H32N2O5S/c1-5-7-18-10-12-37-26(18)22-15-23(28(33)34)20(14-19(22)17-8-9-17)21-13-16(3)24(27(32)30-11-6-2)31-25(21)29(35)36-4/h10,12-15,17H,5-9,11H2,1-4H3,(H,30,32)(H,33,34). The topological polar surface area (TPSA) is 106 Å². The number of thiophene rings is 1. The quantitative estimate of drug-likeness (QED) is 0.307. The molecule has 0 bridgehead atoms. The Morgan fingerprint density at radius 2 is 1.84 bits per heavy atom. The average Bonchev–Trinajstić information content (AvgIpc) is 3.64. The lowest BCUT2D eigenvalue weighted by atomic mass is 9.88. The van der Waals surface area contributed by atoms with E-state index in [1.807, 2.05) is 13.0 Å². The monoisotopic (exact) mass is 520 g/mol. The summed E-state index contributed by atoms with van der Waals surface area (Å²) in [5.74, 6) is -1.87. The largest absolute Gasteiger partial charge is 0.478 e. The fourth-order valence-corrected chi connectivity index (χ4v) is 5.60. The number of rotatable bonds is 10. The van der Waals surface area contributed by atoms with Crippen LogP contribution in [-0.2, 0) is 11.2 Å². The van der Waals surface area contributed by atoms with Gasteiger partial charge in [-0.2, -0.15) is 0 Å². The molecule has 1 aromatic carbocycles. The maximum absolute atomic E-state index is 12.8. The Balaban J connectivity index is 1.95. The van der Waals surface area contributed by atoms with Gasteiger partial charge in [0.25, 0.3) is 5.91 Å². The Morgan fingerprint density at radius 3 is 2.46 bits per heavy atom. The minimum absolute atomic E-state index is 0.0745. The SMILES string of the molecule is CCCNC(=O)c1nc(C(=O)OC)c(-c2cc(C3CC3)c(-c3sccc3CCC)cc2C(=O)O)cc1C. The summed E-state index contributed by atoms with van der Waals surface area (Å²) < 4.78 is 4.99. The maximum atomic E-state index is 12.8. The number of nitrogens with one attached hydrogen (secondary N) is 1. The molecule has 4 rings (SSSR count). The van der Waals surface area contributed by atoms with Crippen LogP contribution in [0.3, 0.4) is 0 Å². The van der Waals surface area contributed by atoms with Crippen molar-refractivity contribution in [1.29, 1.82) is 0 Å². The van der Waals surface area contributed by atoms with E-state index in [2.05, 4.69) is 28.7 Å². The summed E-state index contributed by atoms with van der Waals surface area (Å²) in [6, 6.07) is 7.44. The number of ether oxygens (including phenoxy) is 1. The molecule has 2 N–H and O–H groups in total. The zero-order valence-corrected chi connectivity index (χ0v) is 22.5. The molecule has 3 aromatic rings. The van der Waals surface area contributed by atoms with E-state index in [-0.39, 0.29) is 22.9 Å². The van der Waals surface area contributed by atoms with Gasteiger partial charge in [-0.05, 0) is 96.0 Å². The second kappa shape index (κ2) is 11.3. The number of carboxylic acid groups (broad SMARTS) is 1. The molecule has 8 heteroatoms. The van der Waals surface area contributed by atoms with Crippen molar-refractivity contribution in [3.05, 3.63) is 63.3 Å². The van der Waals surface area contributed by atoms with Gasteiger partial charge in [-0.3, -0.25) is 4.79 Å². The van der Waals surface area contributed by atoms with Gasteiger partial charge in [-0.25, -0.2) is 14.6 Å².